The molecule has 3 rings (SSSR count). The number of phenolic OH excluding ortho intramolecular Hbond substituents is 1. The third-order valence-corrected chi connectivity index (χ3v) is 3.94. The Labute approximate surface area is 144 Å². The highest BCUT2D eigenvalue weighted by Crippen LogP contribution is 2.33. The molecule has 0 amide bonds. The third-order valence-electron chi connectivity index (χ3n) is 3.94. The number of carbonyl (C=O) groups excluding carboxylic acids is 1. The first kappa shape index (κ1) is 16.5. The second-order valence-corrected chi connectivity index (χ2v) is 5.64. The van der Waals surface area contributed by atoms with Crippen LogP contribution in [-0.4, -0.2) is 29.1 Å². The summed E-state index contributed by atoms with van der Waals surface area (Å²) in [4.78, 5) is 21.8. The number of carboxylic acids is 1. The number of aldehydes is 1. The summed E-state index contributed by atoms with van der Waals surface area (Å²) in [7, 11) is 0. The van der Waals surface area contributed by atoms with Gasteiger partial charge in [0.1, 0.15) is 11.5 Å². The van der Waals surface area contributed by atoms with E-state index in [0.29, 0.717) is 18.3 Å². The van der Waals surface area contributed by atoms with Crippen molar-refractivity contribution in [3.05, 3.63) is 71.3 Å². The first-order chi connectivity index (χ1) is 12.1. The van der Waals surface area contributed by atoms with Crippen molar-refractivity contribution >= 4 is 23.0 Å². The first-order valence-corrected chi connectivity index (χ1v) is 7.71. The van der Waals surface area contributed by atoms with Crippen LogP contribution in [0, 0.1) is 0 Å². The van der Waals surface area contributed by atoms with Crippen molar-refractivity contribution in [1.29, 1.82) is 0 Å². The fourth-order valence-electron chi connectivity index (χ4n) is 2.73. The molecular formula is C20H16O5. The van der Waals surface area contributed by atoms with Crippen LogP contribution in [0.1, 0.15) is 21.5 Å². The van der Waals surface area contributed by atoms with Crippen LogP contribution in [0.25, 0.3) is 10.8 Å². The minimum absolute atomic E-state index is 0.137. The standard InChI is InChI=1S/C20H16O5/c21-11-16-7-8-18(25-12-19(22)23)17(20(16)24)10-13-5-6-14-3-1-2-4-15(14)9-13/h1-9,11,24H,10,12H2,(H,22,23). The molecule has 3 aromatic rings. The Kier molecular flexibility index (Phi) is 4.66. The monoisotopic (exact) mass is 336 g/mol. The molecule has 0 heterocycles. The van der Waals surface area contributed by atoms with Gasteiger partial charge in [-0.3, -0.25) is 4.79 Å². The van der Waals surface area contributed by atoms with E-state index in [-0.39, 0.29) is 17.1 Å². The van der Waals surface area contributed by atoms with Crippen molar-refractivity contribution in [3.8, 4) is 11.5 Å². The number of carbonyl (C=O) groups is 2. The predicted molar refractivity (Wildman–Crippen MR) is 93.4 cm³/mol. The largest absolute Gasteiger partial charge is 0.507 e. The van der Waals surface area contributed by atoms with E-state index in [1.165, 1.54) is 12.1 Å². The molecule has 5 heteroatoms. The molecule has 3 aromatic carbocycles. The van der Waals surface area contributed by atoms with Gasteiger partial charge in [0.15, 0.2) is 12.9 Å². The quantitative estimate of drug-likeness (QED) is 0.674. The highest BCUT2D eigenvalue weighted by molar-refractivity contribution is 5.84. The molecule has 0 spiro atoms. The molecule has 2 N–H and O–H groups in total. The van der Waals surface area contributed by atoms with E-state index in [1.54, 1.807) is 0 Å². The maximum absolute atomic E-state index is 11.1. The van der Waals surface area contributed by atoms with E-state index in [1.807, 2.05) is 42.5 Å². The van der Waals surface area contributed by atoms with E-state index in [0.717, 1.165) is 16.3 Å². The normalized spacial score (nSPS) is 10.6. The van der Waals surface area contributed by atoms with Crippen LogP contribution in [0.15, 0.2) is 54.6 Å². The topological polar surface area (TPSA) is 83.8 Å². The number of hydrogen-bond acceptors (Lipinski definition) is 4. The van der Waals surface area contributed by atoms with Gasteiger partial charge in [-0.05, 0) is 28.5 Å². The minimum Gasteiger partial charge on any atom is -0.507 e. The number of aliphatic carboxylic acids is 1. The average molecular weight is 336 g/mol. The molecule has 0 fully saturated rings. The van der Waals surface area contributed by atoms with Crippen LogP contribution in [0.3, 0.4) is 0 Å². The number of phenols is 1. The molecule has 0 saturated carbocycles. The molecule has 0 aliphatic heterocycles. The van der Waals surface area contributed by atoms with Gasteiger partial charge >= 0.3 is 5.97 Å². The van der Waals surface area contributed by atoms with Gasteiger partial charge in [0.2, 0.25) is 0 Å². The second kappa shape index (κ2) is 7.05. The van der Waals surface area contributed by atoms with E-state index >= 15 is 0 Å². The highest BCUT2D eigenvalue weighted by Gasteiger charge is 2.15. The Hall–Kier alpha value is -3.34. The molecule has 5 nitrogen and oxygen atoms in total. The van der Waals surface area contributed by atoms with E-state index < -0.39 is 12.6 Å². The fraction of sp³-hybridized carbons (Fsp3) is 0.100. The van der Waals surface area contributed by atoms with Crippen LogP contribution in [-0.2, 0) is 11.2 Å². The minimum atomic E-state index is -1.12. The van der Waals surface area contributed by atoms with Crippen molar-refractivity contribution in [3.63, 3.8) is 0 Å². The van der Waals surface area contributed by atoms with Gasteiger partial charge in [0, 0.05) is 12.0 Å². The lowest BCUT2D eigenvalue weighted by Crippen LogP contribution is -2.11. The Morgan fingerprint density at radius 2 is 1.80 bits per heavy atom. The summed E-state index contributed by atoms with van der Waals surface area (Å²) < 4.78 is 5.26. The summed E-state index contributed by atoms with van der Waals surface area (Å²) in [6, 6.07) is 16.7. The van der Waals surface area contributed by atoms with Crippen LogP contribution in [0.5, 0.6) is 11.5 Å². The summed E-state index contributed by atoms with van der Waals surface area (Å²) in [5.41, 5.74) is 1.44. The fourth-order valence-corrected chi connectivity index (χ4v) is 2.73. The maximum atomic E-state index is 11.1. The van der Waals surface area contributed by atoms with Gasteiger partial charge in [-0.1, -0.05) is 42.5 Å². The van der Waals surface area contributed by atoms with Gasteiger partial charge < -0.3 is 14.9 Å². The van der Waals surface area contributed by atoms with Crippen LogP contribution in [0.4, 0.5) is 0 Å². The Bertz CT molecular complexity index is 946. The SMILES string of the molecule is O=Cc1ccc(OCC(=O)O)c(Cc2ccc3ccccc3c2)c1O. The number of aromatic hydroxyl groups is 1. The molecule has 0 unspecified atom stereocenters. The third kappa shape index (κ3) is 3.61. The van der Waals surface area contributed by atoms with Gasteiger partial charge in [-0.15, -0.1) is 0 Å². The summed E-state index contributed by atoms with van der Waals surface area (Å²) in [5, 5.41) is 21.3. The summed E-state index contributed by atoms with van der Waals surface area (Å²) in [6.45, 7) is -0.523. The van der Waals surface area contributed by atoms with Crippen LogP contribution >= 0.6 is 0 Å². The van der Waals surface area contributed by atoms with Crippen molar-refractivity contribution in [2.24, 2.45) is 0 Å². The zero-order valence-electron chi connectivity index (χ0n) is 13.3. The number of rotatable bonds is 6. The van der Waals surface area contributed by atoms with Crippen molar-refractivity contribution in [1.82, 2.24) is 0 Å². The number of carboxylic acid groups (broad SMARTS) is 1. The molecule has 126 valence electrons. The Morgan fingerprint density at radius 3 is 2.52 bits per heavy atom. The molecular weight excluding hydrogens is 320 g/mol. The van der Waals surface area contributed by atoms with Crippen LogP contribution < -0.4 is 4.74 Å². The number of ether oxygens (including phenoxy) is 1. The van der Waals surface area contributed by atoms with Gasteiger partial charge in [-0.2, -0.15) is 0 Å². The number of benzene rings is 3. The number of fused-ring (bicyclic) bond motifs is 1. The second-order valence-electron chi connectivity index (χ2n) is 5.64. The lowest BCUT2D eigenvalue weighted by atomic mass is 9.98. The van der Waals surface area contributed by atoms with Crippen molar-refractivity contribution in [2.45, 2.75) is 6.42 Å². The Balaban J connectivity index is 2.00. The highest BCUT2D eigenvalue weighted by atomic mass is 16.5. The van der Waals surface area contributed by atoms with E-state index in [2.05, 4.69) is 0 Å². The smallest absolute Gasteiger partial charge is 0.341 e. The molecule has 0 aromatic heterocycles. The molecule has 0 bridgehead atoms. The Morgan fingerprint density at radius 1 is 1.04 bits per heavy atom. The summed E-state index contributed by atoms with van der Waals surface area (Å²) in [5.74, 6) is -1.06. The predicted octanol–water partition coefficient (Wildman–Crippen LogP) is 3.41. The number of hydrogen-bond donors (Lipinski definition) is 2. The summed E-state index contributed by atoms with van der Waals surface area (Å²) >= 11 is 0. The average Bonchev–Trinajstić information content (AvgIpc) is 2.62. The first-order valence-electron chi connectivity index (χ1n) is 7.71. The molecule has 0 atom stereocenters. The molecule has 0 aliphatic rings. The zero-order chi connectivity index (χ0) is 17.8. The van der Waals surface area contributed by atoms with Crippen LogP contribution in [0.2, 0.25) is 0 Å². The van der Waals surface area contributed by atoms with Gasteiger partial charge in [-0.25, -0.2) is 4.79 Å². The van der Waals surface area contributed by atoms with E-state index in [9.17, 15) is 14.7 Å². The summed E-state index contributed by atoms with van der Waals surface area (Å²) in [6.07, 6.45) is 0.869. The molecule has 25 heavy (non-hydrogen) atoms. The zero-order valence-corrected chi connectivity index (χ0v) is 13.3. The van der Waals surface area contributed by atoms with Gasteiger partial charge in [0.05, 0.1) is 5.56 Å². The van der Waals surface area contributed by atoms with Crippen molar-refractivity contribution < 1.29 is 24.5 Å². The lowest BCUT2D eigenvalue weighted by molar-refractivity contribution is -0.139. The van der Waals surface area contributed by atoms with Crippen molar-refractivity contribution in [2.75, 3.05) is 6.61 Å². The van der Waals surface area contributed by atoms with Gasteiger partial charge in [0.25, 0.3) is 0 Å². The molecule has 0 radical (unpaired) electrons. The molecule has 0 saturated heterocycles. The lowest BCUT2D eigenvalue weighted by Gasteiger charge is -2.14. The maximum Gasteiger partial charge on any atom is 0.341 e. The molecule has 0 aliphatic carbocycles. The van der Waals surface area contributed by atoms with E-state index in [4.69, 9.17) is 9.84 Å².